The zero-order valence-electron chi connectivity index (χ0n) is 11.3. The van der Waals surface area contributed by atoms with Gasteiger partial charge in [0.05, 0.1) is 17.6 Å². The molecular formula is C14H21N3O. The minimum absolute atomic E-state index is 0.131. The third-order valence-electron chi connectivity index (χ3n) is 3.11. The average Bonchev–Trinajstić information content (AvgIpc) is 2.68. The molecule has 0 unspecified atom stereocenters. The largest absolute Gasteiger partial charge is 0.395 e. The molecule has 0 saturated carbocycles. The van der Waals surface area contributed by atoms with E-state index < -0.39 is 0 Å². The minimum atomic E-state index is 0.131. The van der Waals surface area contributed by atoms with E-state index in [1.54, 1.807) is 0 Å². The van der Waals surface area contributed by atoms with Gasteiger partial charge < -0.3 is 14.6 Å². The summed E-state index contributed by atoms with van der Waals surface area (Å²) in [6.45, 7) is 5.91. The number of aryl methyl sites for hydroxylation is 1. The van der Waals surface area contributed by atoms with Crippen molar-refractivity contribution in [2.75, 3.05) is 25.1 Å². The van der Waals surface area contributed by atoms with E-state index in [1.807, 2.05) is 7.05 Å². The van der Waals surface area contributed by atoms with Gasteiger partial charge in [-0.1, -0.05) is 13.0 Å². The van der Waals surface area contributed by atoms with Gasteiger partial charge in [-0.05, 0) is 31.0 Å². The number of aliphatic hydroxyl groups excluding tert-OH is 1. The molecular weight excluding hydrogens is 226 g/mol. The molecule has 1 N–H and O–H groups in total. The highest BCUT2D eigenvalue weighted by Gasteiger charge is 2.13. The van der Waals surface area contributed by atoms with Gasteiger partial charge in [0.1, 0.15) is 0 Å². The average molecular weight is 247 g/mol. The number of aliphatic hydroxyl groups is 1. The Hall–Kier alpha value is -1.55. The van der Waals surface area contributed by atoms with Gasteiger partial charge in [0.25, 0.3) is 0 Å². The highest BCUT2D eigenvalue weighted by Crippen LogP contribution is 2.23. The van der Waals surface area contributed by atoms with Crippen LogP contribution in [-0.4, -0.2) is 34.9 Å². The molecule has 2 rings (SSSR count). The van der Waals surface area contributed by atoms with E-state index in [2.05, 4.69) is 46.5 Å². The monoisotopic (exact) mass is 247 g/mol. The summed E-state index contributed by atoms with van der Waals surface area (Å²) >= 11 is 0. The molecule has 0 aliphatic carbocycles. The van der Waals surface area contributed by atoms with E-state index in [9.17, 15) is 5.11 Å². The van der Waals surface area contributed by atoms with Gasteiger partial charge in [-0.3, -0.25) is 0 Å². The lowest BCUT2D eigenvalue weighted by molar-refractivity contribution is 0.278. The van der Waals surface area contributed by atoms with Gasteiger partial charge in [0.2, 0.25) is 5.95 Å². The van der Waals surface area contributed by atoms with Crippen LogP contribution < -0.4 is 4.90 Å². The molecule has 2 aromatic rings. The molecule has 0 amide bonds. The van der Waals surface area contributed by atoms with E-state index in [1.165, 1.54) is 5.56 Å². The van der Waals surface area contributed by atoms with Crippen molar-refractivity contribution >= 4 is 17.0 Å². The third kappa shape index (κ3) is 2.34. The number of fused-ring (bicyclic) bond motifs is 1. The molecule has 98 valence electrons. The first-order chi connectivity index (χ1) is 8.67. The maximum atomic E-state index is 9.22. The van der Waals surface area contributed by atoms with E-state index in [4.69, 9.17) is 0 Å². The van der Waals surface area contributed by atoms with E-state index >= 15 is 0 Å². The number of anilines is 1. The SMILES string of the molecule is CCCN(C)c1nc2cc(C)ccc2n1CCO. The summed E-state index contributed by atoms with van der Waals surface area (Å²) in [5.74, 6) is 0.937. The zero-order valence-corrected chi connectivity index (χ0v) is 11.3. The summed E-state index contributed by atoms with van der Waals surface area (Å²) in [7, 11) is 2.05. The van der Waals surface area contributed by atoms with Crippen molar-refractivity contribution in [1.82, 2.24) is 9.55 Å². The lowest BCUT2D eigenvalue weighted by Crippen LogP contribution is -2.22. The van der Waals surface area contributed by atoms with Crippen LogP contribution in [0.25, 0.3) is 11.0 Å². The molecule has 1 aromatic carbocycles. The van der Waals surface area contributed by atoms with Crippen LogP contribution in [0.5, 0.6) is 0 Å². The Labute approximate surface area is 108 Å². The molecule has 0 radical (unpaired) electrons. The Bertz CT molecular complexity index is 533. The molecule has 1 heterocycles. The predicted molar refractivity (Wildman–Crippen MR) is 75.1 cm³/mol. The first-order valence-electron chi connectivity index (χ1n) is 6.46. The summed E-state index contributed by atoms with van der Waals surface area (Å²) < 4.78 is 2.09. The van der Waals surface area contributed by atoms with Crippen molar-refractivity contribution < 1.29 is 5.11 Å². The standard InChI is InChI=1S/C14H21N3O/c1-4-7-16(3)14-15-12-10-11(2)5-6-13(12)17(14)8-9-18/h5-6,10,18H,4,7-9H2,1-3H3. The molecule has 0 fully saturated rings. The molecule has 0 bridgehead atoms. The lowest BCUT2D eigenvalue weighted by atomic mass is 10.2. The fraction of sp³-hybridized carbons (Fsp3) is 0.500. The Kier molecular flexibility index (Phi) is 3.87. The number of hydrogen-bond acceptors (Lipinski definition) is 3. The number of benzene rings is 1. The number of imidazole rings is 1. The van der Waals surface area contributed by atoms with Gasteiger partial charge >= 0.3 is 0 Å². The lowest BCUT2D eigenvalue weighted by Gasteiger charge is -2.18. The van der Waals surface area contributed by atoms with Crippen LogP contribution in [0, 0.1) is 6.92 Å². The number of hydrogen-bond donors (Lipinski definition) is 1. The first-order valence-corrected chi connectivity index (χ1v) is 6.46. The zero-order chi connectivity index (χ0) is 13.1. The smallest absolute Gasteiger partial charge is 0.206 e. The molecule has 0 atom stereocenters. The van der Waals surface area contributed by atoms with Crippen LogP contribution in [0.1, 0.15) is 18.9 Å². The van der Waals surface area contributed by atoms with Crippen LogP contribution in [0.15, 0.2) is 18.2 Å². The molecule has 0 spiro atoms. The van der Waals surface area contributed by atoms with Gasteiger partial charge in [-0.2, -0.15) is 0 Å². The molecule has 0 aliphatic rings. The molecule has 0 saturated heterocycles. The highest BCUT2D eigenvalue weighted by atomic mass is 16.3. The summed E-state index contributed by atoms with van der Waals surface area (Å²) in [6.07, 6.45) is 1.08. The molecule has 4 nitrogen and oxygen atoms in total. The van der Waals surface area contributed by atoms with Crippen LogP contribution in [0.4, 0.5) is 5.95 Å². The Morgan fingerprint density at radius 3 is 2.83 bits per heavy atom. The second kappa shape index (κ2) is 5.40. The van der Waals surface area contributed by atoms with Gasteiger partial charge in [0.15, 0.2) is 0 Å². The van der Waals surface area contributed by atoms with E-state index in [0.29, 0.717) is 6.54 Å². The Balaban J connectivity index is 2.53. The Morgan fingerprint density at radius 1 is 1.39 bits per heavy atom. The third-order valence-corrected chi connectivity index (χ3v) is 3.11. The van der Waals surface area contributed by atoms with Gasteiger partial charge in [-0.25, -0.2) is 4.98 Å². The fourth-order valence-electron chi connectivity index (χ4n) is 2.27. The molecule has 0 aliphatic heterocycles. The maximum absolute atomic E-state index is 9.22. The van der Waals surface area contributed by atoms with Gasteiger partial charge in [0, 0.05) is 20.1 Å². The highest BCUT2D eigenvalue weighted by molar-refractivity contribution is 5.79. The molecule has 18 heavy (non-hydrogen) atoms. The first kappa shape index (κ1) is 12.9. The minimum Gasteiger partial charge on any atom is -0.395 e. The second-order valence-corrected chi connectivity index (χ2v) is 4.70. The summed E-state index contributed by atoms with van der Waals surface area (Å²) in [4.78, 5) is 6.83. The van der Waals surface area contributed by atoms with Crippen LogP contribution in [-0.2, 0) is 6.54 Å². The summed E-state index contributed by atoms with van der Waals surface area (Å²) in [6, 6.07) is 6.25. The van der Waals surface area contributed by atoms with Crippen molar-refractivity contribution in [3.8, 4) is 0 Å². The van der Waals surface area contributed by atoms with E-state index in [0.717, 1.165) is 29.9 Å². The number of aromatic nitrogens is 2. The van der Waals surface area contributed by atoms with Crippen molar-refractivity contribution in [2.24, 2.45) is 0 Å². The van der Waals surface area contributed by atoms with Crippen LogP contribution in [0.2, 0.25) is 0 Å². The molecule has 4 heteroatoms. The van der Waals surface area contributed by atoms with Crippen LogP contribution in [0.3, 0.4) is 0 Å². The van der Waals surface area contributed by atoms with Crippen LogP contribution >= 0.6 is 0 Å². The number of rotatable bonds is 5. The fourth-order valence-corrected chi connectivity index (χ4v) is 2.27. The molecule has 1 aromatic heterocycles. The van der Waals surface area contributed by atoms with Crippen molar-refractivity contribution in [2.45, 2.75) is 26.8 Å². The summed E-state index contributed by atoms with van der Waals surface area (Å²) in [5.41, 5.74) is 3.30. The normalized spacial score (nSPS) is 11.1. The maximum Gasteiger partial charge on any atom is 0.206 e. The van der Waals surface area contributed by atoms with Crippen molar-refractivity contribution in [1.29, 1.82) is 0 Å². The summed E-state index contributed by atoms with van der Waals surface area (Å²) in [5, 5.41) is 9.22. The predicted octanol–water partition coefficient (Wildman–Crippen LogP) is 2.18. The van der Waals surface area contributed by atoms with Crippen molar-refractivity contribution in [3.05, 3.63) is 23.8 Å². The second-order valence-electron chi connectivity index (χ2n) is 4.70. The Morgan fingerprint density at radius 2 is 2.17 bits per heavy atom. The number of nitrogens with zero attached hydrogens (tertiary/aromatic N) is 3. The topological polar surface area (TPSA) is 41.3 Å². The quantitative estimate of drug-likeness (QED) is 0.880. The van der Waals surface area contributed by atoms with Gasteiger partial charge in [-0.15, -0.1) is 0 Å². The van der Waals surface area contributed by atoms with E-state index in [-0.39, 0.29) is 6.61 Å². The van der Waals surface area contributed by atoms with Crippen molar-refractivity contribution in [3.63, 3.8) is 0 Å².